The molecule has 0 unspecified atom stereocenters. The fourth-order valence-electron chi connectivity index (χ4n) is 5.16. The maximum absolute atomic E-state index is 14.7. The minimum Gasteiger partial charge on any atom is -0.384 e. The molecule has 0 amide bonds. The van der Waals surface area contributed by atoms with Gasteiger partial charge in [-0.3, -0.25) is 15.1 Å². The number of benzene rings is 2. The highest BCUT2D eigenvalue weighted by Crippen LogP contribution is 2.35. The molecule has 8 nitrogen and oxygen atoms in total. The Hall–Kier alpha value is -4.60. The molecule has 4 aromatic heterocycles. The number of aromatic nitrogens is 5. The molecule has 41 heavy (non-hydrogen) atoms. The van der Waals surface area contributed by atoms with Crippen molar-refractivity contribution in [1.29, 1.82) is 0 Å². The van der Waals surface area contributed by atoms with E-state index in [1.54, 1.807) is 6.20 Å². The molecule has 2 aromatic carbocycles. The smallest absolute Gasteiger partial charge is 0.125 e. The van der Waals surface area contributed by atoms with Crippen molar-refractivity contribution in [2.75, 3.05) is 46.6 Å². The number of pyridine rings is 2. The number of nitrogens with one attached hydrogen (secondary N) is 3. The Balaban J connectivity index is 1.37. The molecule has 0 aliphatic carbocycles. The molecule has 6 aromatic rings. The number of H-pyrrole nitrogens is 2. The number of fused-ring (bicyclic) bond motifs is 2. The van der Waals surface area contributed by atoms with Crippen LogP contribution in [0.5, 0.6) is 0 Å². The predicted molar refractivity (Wildman–Crippen MR) is 164 cm³/mol. The summed E-state index contributed by atoms with van der Waals surface area (Å²) in [6.07, 6.45) is 5.54. The lowest BCUT2D eigenvalue weighted by molar-refractivity contribution is 0.402. The fraction of sp³-hybridized carbons (Fsp3) is 0.219. The number of halogens is 1. The van der Waals surface area contributed by atoms with Crippen LogP contribution in [-0.2, 0) is 6.54 Å². The van der Waals surface area contributed by atoms with Crippen molar-refractivity contribution in [3.8, 4) is 33.8 Å². The van der Waals surface area contributed by atoms with E-state index < -0.39 is 0 Å². The average Bonchev–Trinajstić information content (AvgIpc) is 3.56. The Labute approximate surface area is 238 Å². The molecule has 9 heteroatoms. The maximum Gasteiger partial charge on any atom is 0.125 e. The number of hydrogen-bond acceptors (Lipinski definition) is 6. The zero-order valence-corrected chi connectivity index (χ0v) is 23.7. The monoisotopic (exact) mass is 548 g/mol. The lowest BCUT2D eigenvalue weighted by Crippen LogP contribution is -2.20. The molecule has 0 aliphatic rings. The Morgan fingerprint density at radius 2 is 1.66 bits per heavy atom. The third-order valence-corrected chi connectivity index (χ3v) is 7.05. The normalized spacial score (nSPS) is 11.8. The quantitative estimate of drug-likeness (QED) is 0.205. The molecule has 0 saturated carbocycles. The molecule has 3 N–H and O–H groups in total. The number of anilines is 1. The number of likely N-dealkylation sites (N-methyl/N-ethyl adjacent to an activating group) is 1. The SMILES string of the molecule is CN(C)CCNc1cc(F)cc(-c2nccc3[nH]c(-c4n[nH]c5ccc(-c6cncc(CN(C)C)c6)cc45)cc23)c1. The van der Waals surface area contributed by atoms with Crippen molar-refractivity contribution in [3.05, 3.63) is 84.6 Å². The summed E-state index contributed by atoms with van der Waals surface area (Å²) < 4.78 is 14.7. The van der Waals surface area contributed by atoms with E-state index >= 15 is 0 Å². The van der Waals surface area contributed by atoms with Gasteiger partial charge in [0.25, 0.3) is 0 Å². The zero-order valence-electron chi connectivity index (χ0n) is 23.7. The van der Waals surface area contributed by atoms with Crippen molar-refractivity contribution in [2.45, 2.75) is 6.54 Å². The second-order valence-electron chi connectivity index (χ2n) is 10.9. The Bertz CT molecular complexity index is 1840. The van der Waals surface area contributed by atoms with Gasteiger partial charge in [0.1, 0.15) is 11.5 Å². The summed E-state index contributed by atoms with van der Waals surface area (Å²) in [5, 5.41) is 13.0. The Kier molecular flexibility index (Phi) is 7.21. The molecule has 0 saturated heterocycles. The topological polar surface area (TPSA) is 88.8 Å². The van der Waals surface area contributed by atoms with Crippen LogP contribution in [0.4, 0.5) is 10.1 Å². The van der Waals surface area contributed by atoms with Crippen molar-refractivity contribution < 1.29 is 4.39 Å². The van der Waals surface area contributed by atoms with Crippen molar-refractivity contribution >= 4 is 27.5 Å². The van der Waals surface area contributed by atoms with Gasteiger partial charge in [-0.15, -0.1) is 0 Å². The zero-order chi connectivity index (χ0) is 28.5. The van der Waals surface area contributed by atoms with Gasteiger partial charge >= 0.3 is 0 Å². The van der Waals surface area contributed by atoms with E-state index in [2.05, 4.69) is 58.5 Å². The van der Waals surface area contributed by atoms with Gasteiger partial charge < -0.3 is 20.1 Å². The van der Waals surface area contributed by atoms with Crippen LogP contribution in [0.1, 0.15) is 5.56 Å². The molecular weight excluding hydrogens is 515 g/mol. The summed E-state index contributed by atoms with van der Waals surface area (Å²) in [6, 6.07) is 17.4. The summed E-state index contributed by atoms with van der Waals surface area (Å²) in [7, 11) is 8.12. The summed E-state index contributed by atoms with van der Waals surface area (Å²) in [6.45, 7) is 2.38. The first kappa shape index (κ1) is 26.6. The fourth-order valence-corrected chi connectivity index (χ4v) is 5.16. The van der Waals surface area contributed by atoms with Crippen molar-refractivity contribution in [3.63, 3.8) is 0 Å². The highest BCUT2D eigenvalue weighted by Gasteiger charge is 2.16. The molecule has 0 spiro atoms. The Morgan fingerprint density at radius 1 is 0.805 bits per heavy atom. The van der Waals surface area contributed by atoms with Crippen LogP contribution in [-0.4, -0.2) is 76.2 Å². The third-order valence-electron chi connectivity index (χ3n) is 7.05. The Morgan fingerprint density at radius 3 is 2.49 bits per heavy atom. The summed E-state index contributed by atoms with van der Waals surface area (Å²) in [5.41, 5.74) is 8.96. The van der Waals surface area contributed by atoms with Crippen molar-refractivity contribution in [1.82, 2.24) is 34.9 Å². The van der Waals surface area contributed by atoms with Crippen LogP contribution in [0.2, 0.25) is 0 Å². The van der Waals surface area contributed by atoms with Gasteiger partial charge in [0.05, 0.1) is 16.9 Å². The highest BCUT2D eigenvalue weighted by molar-refractivity contribution is 6.01. The number of aromatic amines is 2. The molecule has 6 rings (SSSR count). The summed E-state index contributed by atoms with van der Waals surface area (Å²) >= 11 is 0. The second kappa shape index (κ2) is 11.1. The summed E-state index contributed by atoms with van der Waals surface area (Å²) in [4.78, 5) is 16.8. The van der Waals surface area contributed by atoms with E-state index in [9.17, 15) is 4.39 Å². The average molecular weight is 549 g/mol. The van der Waals surface area contributed by atoms with Crippen LogP contribution < -0.4 is 5.32 Å². The first-order chi connectivity index (χ1) is 19.8. The van der Waals surface area contributed by atoms with Gasteiger partial charge in [0.15, 0.2) is 0 Å². The van der Waals surface area contributed by atoms with Crippen molar-refractivity contribution in [2.24, 2.45) is 0 Å². The summed E-state index contributed by atoms with van der Waals surface area (Å²) in [5.74, 6) is -0.306. The molecule has 208 valence electrons. The minimum absolute atomic E-state index is 0.306. The molecule has 0 atom stereocenters. The van der Waals surface area contributed by atoms with Crippen LogP contribution in [0, 0.1) is 5.82 Å². The van der Waals surface area contributed by atoms with Gasteiger partial charge in [-0.1, -0.05) is 6.07 Å². The van der Waals surface area contributed by atoms with Gasteiger partial charge in [0.2, 0.25) is 0 Å². The van der Waals surface area contributed by atoms with Gasteiger partial charge in [0, 0.05) is 71.3 Å². The van der Waals surface area contributed by atoms with E-state index in [4.69, 9.17) is 0 Å². The van der Waals surface area contributed by atoms with Gasteiger partial charge in [-0.05, 0) is 87.8 Å². The van der Waals surface area contributed by atoms with E-state index in [1.807, 2.05) is 64.8 Å². The maximum atomic E-state index is 14.7. The van der Waals surface area contributed by atoms with E-state index in [0.717, 1.165) is 68.7 Å². The first-order valence-corrected chi connectivity index (χ1v) is 13.6. The molecule has 4 heterocycles. The molecule has 0 bridgehead atoms. The van der Waals surface area contributed by atoms with Crippen LogP contribution in [0.25, 0.3) is 55.6 Å². The highest BCUT2D eigenvalue weighted by atomic mass is 19.1. The van der Waals surface area contributed by atoms with E-state index in [1.165, 1.54) is 12.1 Å². The number of nitrogens with zero attached hydrogens (tertiary/aromatic N) is 5. The lowest BCUT2D eigenvalue weighted by atomic mass is 10.0. The number of hydrogen-bond donors (Lipinski definition) is 3. The van der Waals surface area contributed by atoms with Crippen LogP contribution in [0.15, 0.2) is 73.2 Å². The second-order valence-corrected chi connectivity index (χ2v) is 10.9. The largest absolute Gasteiger partial charge is 0.384 e. The molecule has 0 fully saturated rings. The molecule has 0 radical (unpaired) electrons. The lowest BCUT2D eigenvalue weighted by Gasteiger charge is -2.12. The standard InChI is InChI=1S/C32H33FN8/c1-40(2)10-9-35-25-13-22(12-24(33)15-25)31-27-16-30(37-28(27)7-8-36-31)32-26-14-21(5-6-29(26)38-39-32)23-11-20(17-34-18-23)19-41(3)4/h5-8,11-18,35,37H,9-10,19H2,1-4H3,(H,38,39). The molecule has 0 aliphatic heterocycles. The van der Waals surface area contributed by atoms with Crippen LogP contribution in [0.3, 0.4) is 0 Å². The first-order valence-electron chi connectivity index (χ1n) is 13.6. The third kappa shape index (κ3) is 5.68. The number of rotatable bonds is 9. The van der Waals surface area contributed by atoms with E-state index in [-0.39, 0.29) is 5.82 Å². The van der Waals surface area contributed by atoms with Gasteiger partial charge in [-0.25, -0.2) is 4.39 Å². The minimum atomic E-state index is -0.306. The van der Waals surface area contributed by atoms with Crippen LogP contribution >= 0.6 is 0 Å². The van der Waals surface area contributed by atoms with E-state index in [0.29, 0.717) is 17.8 Å². The molecular formula is C32H33FN8. The van der Waals surface area contributed by atoms with Gasteiger partial charge in [-0.2, -0.15) is 5.10 Å². The predicted octanol–water partition coefficient (Wildman–Crippen LogP) is 6.01.